The summed E-state index contributed by atoms with van der Waals surface area (Å²) in [6.45, 7) is 6.58. The van der Waals surface area contributed by atoms with Gasteiger partial charge in [-0.3, -0.25) is 14.4 Å². The second-order valence-electron chi connectivity index (χ2n) is 24.5. The number of carbonyl (C=O) groups excluding carboxylic acids is 3. The Labute approximate surface area is 505 Å². The van der Waals surface area contributed by atoms with Gasteiger partial charge in [-0.1, -0.05) is 365 Å². The van der Waals surface area contributed by atoms with Crippen LogP contribution in [0.15, 0.2) is 48.6 Å². The molecule has 474 valence electrons. The molecule has 0 aromatic carbocycles. The molecule has 0 fully saturated rings. The van der Waals surface area contributed by atoms with Crippen LogP contribution in [0.2, 0.25) is 0 Å². The maximum atomic E-state index is 12.9. The van der Waals surface area contributed by atoms with Gasteiger partial charge in [0.2, 0.25) is 0 Å². The lowest BCUT2D eigenvalue weighted by Crippen LogP contribution is -2.30. The van der Waals surface area contributed by atoms with E-state index in [4.69, 9.17) is 14.2 Å². The highest BCUT2D eigenvalue weighted by Crippen LogP contribution is 2.19. The molecule has 0 N–H and O–H groups in total. The maximum Gasteiger partial charge on any atom is 0.306 e. The molecule has 0 amide bonds. The van der Waals surface area contributed by atoms with E-state index in [9.17, 15) is 14.4 Å². The van der Waals surface area contributed by atoms with Crippen LogP contribution in [0.3, 0.4) is 0 Å². The molecule has 81 heavy (non-hydrogen) atoms. The molecule has 1 atom stereocenters. The smallest absolute Gasteiger partial charge is 0.306 e. The third-order valence-electron chi connectivity index (χ3n) is 16.3. The molecule has 0 aliphatic heterocycles. The van der Waals surface area contributed by atoms with E-state index in [0.717, 1.165) is 96.3 Å². The minimum Gasteiger partial charge on any atom is -0.462 e. The monoisotopic (exact) mass is 1140 g/mol. The van der Waals surface area contributed by atoms with Gasteiger partial charge in [-0.2, -0.15) is 0 Å². The fourth-order valence-corrected chi connectivity index (χ4v) is 11.0. The van der Waals surface area contributed by atoms with E-state index >= 15 is 0 Å². The van der Waals surface area contributed by atoms with Crippen LogP contribution in [0.1, 0.15) is 393 Å². The molecule has 6 nitrogen and oxygen atoms in total. The normalized spacial score (nSPS) is 12.3. The highest BCUT2D eigenvalue weighted by molar-refractivity contribution is 5.71. The molecule has 0 heterocycles. The van der Waals surface area contributed by atoms with Gasteiger partial charge in [0.15, 0.2) is 6.10 Å². The molecular formula is C75H138O6. The highest BCUT2D eigenvalue weighted by Gasteiger charge is 2.19. The number of esters is 3. The number of carbonyl (C=O) groups is 3. The Morgan fingerprint density at radius 2 is 0.481 bits per heavy atom. The predicted molar refractivity (Wildman–Crippen MR) is 353 cm³/mol. The van der Waals surface area contributed by atoms with E-state index in [1.807, 2.05) is 0 Å². The van der Waals surface area contributed by atoms with Crippen molar-refractivity contribution >= 4 is 17.9 Å². The van der Waals surface area contributed by atoms with E-state index in [1.54, 1.807) is 0 Å². The summed E-state index contributed by atoms with van der Waals surface area (Å²) < 4.78 is 17.0. The van der Waals surface area contributed by atoms with Crippen molar-refractivity contribution in [3.63, 3.8) is 0 Å². The fraction of sp³-hybridized carbons (Fsp3) is 0.853. The van der Waals surface area contributed by atoms with Crippen molar-refractivity contribution in [1.29, 1.82) is 0 Å². The SMILES string of the molecule is CC/C=C\C/C=C\C/C=C\C/C=C\CCCCCCC(=O)OC(COC(=O)CCCCCCCCCCCCCCCCCCC)COC(=O)CCCCCCCCCCCCCCCCCCCCCCCCCCCCCCC. The van der Waals surface area contributed by atoms with Crippen LogP contribution >= 0.6 is 0 Å². The molecule has 0 saturated carbocycles. The number of unbranched alkanes of at least 4 members (excludes halogenated alkanes) is 48. The Bertz CT molecular complexity index is 1400. The van der Waals surface area contributed by atoms with E-state index in [2.05, 4.69) is 69.4 Å². The fourth-order valence-electron chi connectivity index (χ4n) is 11.0. The molecule has 0 spiro atoms. The van der Waals surface area contributed by atoms with Gasteiger partial charge < -0.3 is 14.2 Å². The Morgan fingerprint density at radius 1 is 0.259 bits per heavy atom. The average Bonchev–Trinajstić information content (AvgIpc) is 3.47. The lowest BCUT2D eigenvalue weighted by atomic mass is 10.0. The summed E-state index contributed by atoms with van der Waals surface area (Å²) in [4.78, 5) is 38.4. The van der Waals surface area contributed by atoms with E-state index in [-0.39, 0.29) is 31.1 Å². The molecule has 0 aromatic heterocycles. The molecule has 0 aromatic rings. The van der Waals surface area contributed by atoms with Crippen molar-refractivity contribution in [2.45, 2.75) is 399 Å². The Morgan fingerprint density at radius 3 is 0.753 bits per heavy atom. The molecule has 0 aliphatic carbocycles. The van der Waals surface area contributed by atoms with Crippen molar-refractivity contribution in [3.05, 3.63) is 48.6 Å². The molecular weight excluding hydrogens is 997 g/mol. The second-order valence-corrected chi connectivity index (χ2v) is 24.5. The standard InChI is InChI=1S/C75H138O6/c1-4-7-10-13-16-19-22-25-28-31-32-33-34-35-36-37-38-39-40-41-42-45-47-50-53-56-59-62-65-68-74(77)80-71-72(81-75(78)69-66-63-60-57-54-51-48-44-30-27-24-21-18-15-12-9-6-3)70-79-73(76)67-64-61-58-55-52-49-46-43-29-26-23-20-17-14-11-8-5-2/h9,12,18,21,27,30,48,51,72H,4-8,10-11,13-17,19-20,22-26,28-29,31-47,49-50,52-71H2,1-3H3/b12-9-,21-18-,30-27-,51-48-. The third-order valence-corrected chi connectivity index (χ3v) is 16.3. The zero-order valence-corrected chi connectivity index (χ0v) is 54.6. The number of hydrogen-bond acceptors (Lipinski definition) is 6. The Hall–Kier alpha value is -2.63. The first kappa shape index (κ1) is 78.4. The first-order valence-corrected chi connectivity index (χ1v) is 36.1. The highest BCUT2D eigenvalue weighted by atomic mass is 16.6. The topological polar surface area (TPSA) is 78.9 Å². The van der Waals surface area contributed by atoms with E-state index < -0.39 is 6.10 Å². The Kier molecular flexibility index (Phi) is 67.6. The zero-order valence-electron chi connectivity index (χ0n) is 54.6. The van der Waals surface area contributed by atoms with Gasteiger partial charge in [0.05, 0.1) is 0 Å². The quantitative estimate of drug-likeness (QED) is 0.0261. The van der Waals surface area contributed by atoms with Gasteiger partial charge in [-0.05, 0) is 57.8 Å². The summed E-state index contributed by atoms with van der Waals surface area (Å²) in [7, 11) is 0. The minimum atomic E-state index is -0.785. The van der Waals surface area contributed by atoms with Gasteiger partial charge >= 0.3 is 17.9 Å². The lowest BCUT2D eigenvalue weighted by molar-refractivity contribution is -0.167. The first-order valence-electron chi connectivity index (χ1n) is 36.1. The summed E-state index contributed by atoms with van der Waals surface area (Å²) in [5.74, 6) is -0.873. The van der Waals surface area contributed by atoms with Crippen LogP contribution in [0, 0.1) is 0 Å². The minimum absolute atomic E-state index is 0.0780. The van der Waals surface area contributed by atoms with Gasteiger partial charge in [0.25, 0.3) is 0 Å². The maximum absolute atomic E-state index is 12.9. The van der Waals surface area contributed by atoms with Crippen LogP contribution in [0.4, 0.5) is 0 Å². The summed E-state index contributed by atoms with van der Waals surface area (Å²) in [6, 6.07) is 0. The zero-order chi connectivity index (χ0) is 58.5. The number of hydrogen-bond donors (Lipinski definition) is 0. The second kappa shape index (κ2) is 69.9. The lowest BCUT2D eigenvalue weighted by Gasteiger charge is -2.18. The summed E-state index contributed by atoms with van der Waals surface area (Å²) in [5.41, 5.74) is 0. The molecule has 0 bridgehead atoms. The van der Waals surface area contributed by atoms with Crippen LogP contribution in [0.5, 0.6) is 0 Å². The molecule has 1 unspecified atom stereocenters. The number of allylic oxidation sites excluding steroid dienone is 8. The van der Waals surface area contributed by atoms with Crippen molar-refractivity contribution in [2.75, 3.05) is 13.2 Å². The van der Waals surface area contributed by atoms with Crippen LogP contribution < -0.4 is 0 Å². The van der Waals surface area contributed by atoms with E-state index in [0.29, 0.717) is 19.3 Å². The molecule has 0 aliphatic rings. The van der Waals surface area contributed by atoms with Crippen molar-refractivity contribution in [2.24, 2.45) is 0 Å². The average molecular weight is 1140 g/mol. The van der Waals surface area contributed by atoms with Gasteiger partial charge in [-0.25, -0.2) is 0 Å². The molecule has 0 saturated heterocycles. The van der Waals surface area contributed by atoms with E-state index in [1.165, 1.54) is 257 Å². The molecule has 0 radical (unpaired) electrons. The van der Waals surface area contributed by atoms with Gasteiger partial charge in [-0.15, -0.1) is 0 Å². The van der Waals surface area contributed by atoms with Crippen molar-refractivity contribution in [1.82, 2.24) is 0 Å². The molecule has 0 rings (SSSR count). The van der Waals surface area contributed by atoms with Crippen molar-refractivity contribution in [3.8, 4) is 0 Å². The van der Waals surface area contributed by atoms with Crippen LogP contribution in [0.25, 0.3) is 0 Å². The summed E-state index contributed by atoms with van der Waals surface area (Å²) >= 11 is 0. The van der Waals surface area contributed by atoms with Crippen molar-refractivity contribution < 1.29 is 28.6 Å². The Balaban J connectivity index is 4.22. The van der Waals surface area contributed by atoms with Crippen LogP contribution in [-0.4, -0.2) is 37.2 Å². The third kappa shape index (κ3) is 68.0. The first-order chi connectivity index (χ1) is 40.0. The van der Waals surface area contributed by atoms with Crippen LogP contribution in [-0.2, 0) is 28.6 Å². The predicted octanol–water partition coefficient (Wildman–Crippen LogP) is 24.9. The number of rotatable bonds is 67. The summed E-state index contributed by atoms with van der Waals surface area (Å²) in [5, 5.41) is 0. The van der Waals surface area contributed by atoms with Gasteiger partial charge in [0, 0.05) is 19.3 Å². The number of ether oxygens (including phenoxy) is 3. The largest absolute Gasteiger partial charge is 0.462 e. The molecule has 6 heteroatoms. The summed E-state index contributed by atoms with van der Waals surface area (Å²) in [6.07, 6.45) is 88.7. The van der Waals surface area contributed by atoms with Gasteiger partial charge in [0.1, 0.15) is 13.2 Å².